The van der Waals surface area contributed by atoms with Gasteiger partial charge in [0, 0.05) is 12.2 Å². The smallest absolute Gasteiger partial charge is 0.365 e. The first-order valence-corrected chi connectivity index (χ1v) is 12.4. The molecule has 0 bridgehead atoms. The molecular formula is C18H23F5N6O3S2. The summed E-state index contributed by atoms with van der Waals surface area (Å²) < 4.78 is 91.3. The number of carbonyl (C=O) groups excluding carboxylic acids is 1. The highest BCUT2D eigenvalue weighted by Crippen LogP contribution is 2.40. The van der Waals surface area contributed by atoms with Crippen molar-refractivity contribution in [1.82, 2.24) is 19.8 Å². The minimum atomic E-state index is -6.35. The lowest BCUT2D eigenvalue weighted by Crippen LogP contribution is -2.49. The number of Topliss-reactive ketones (excluding diaryl/α,β-unsaturated/α-hetero) is 1. The number of ketones is 1. The Morgan fingerprint density at radius 1 is 1.32 bits per heavy atom. The third kappa shape index (κ3) is 6.34. The van der Waals surface area contributed by atoms with Crippen molar-refractivity contribution >= 4 is 32.3 Å². The van der Waals surface area contributed by atoms with Gasteiger partial charge in [-0.25, -0.2) is 0 Å². The number of hydrogen-bond acceptors (Lipinski definition) is 9. The maximum absolute atomic E-state index is 13.7. The highest BCUT2D eigenvalue weighted by Gasteiger charge is 2.67. The topological polar surface area (TPSA) is 117 Å². The van der Waals surface area contributed by atoms with Crippen LogP contribution in [0.15, 0.2) is 38.9 Å². The molecule has 1 aromatic rings. The number of aromatic nitrogens is 2. The van der Waals surface area contributed by atoms with Crippen molar-refractivity contribution in [2.24, 2.45) is 10.2 Å². The van der Waals surface area contributed by atoms with E-state index >= 15 is 0 Å². The van der Waals surface area contributed by atoms with E-state index in [1.807, 2.05) is 6.92 Å². The Bertz CT molecular complexity index is 1070. The predicted octanol–water partition coefficient (Wildman–Crippen LogP) is 4.67. The van der Waals surface area contributed by atoms with E-state index in [0.717, 1.165) is 17.4 Å². The standard InChI is InChI=1S/C18H23F5N6O3S2/c1-4-8-29-13(6-5-7-15(29)12(3)30)9-14(11(2)25-27-16-26-24-10-33-16)28-34(31,32)18(22,23)17(19,20)21/h9-10,15,28H,4-8H2,1-3H3/b13-9+,14-11-,27-25-. The molecule has 1 fully saturated rings. The molecule has 0 aromatic carbocycles. The summed E-state index contributed by atoms with van der Waals surface area (Å²) in [5.74, 6) is -0.151. The molecule has 2 rings (SSSR count). The van der Waals surface area contributed by atoms with Gasteiger partial charge >= 0.3 is 21.5 Å². The minimum Gasteiger partial charge on any atom is -0.365 e. The molecule has 1 aromatic heterocycles. The first-order valence-electron chi connectivity index (χ1n) is 10.0. The summed E-state index contributed by atoms with van der Waals surface area (Å²) in [4.78, 5) is 13.8. The third-order valence-corrected chi connectivity index (χ3v) is 6.80. The minimum absolute atomic E-state index is 0.0525. The van der Waals surface area contributed by atoms with Crippen molar-refractivity contribution in [3.8, 4) is 0 Å². The summed E-state index contributed by atoms with van der Waals surface area (Å²) in [7, 11) is -6.27. The van der Waals surface area contributed by atoms with Gasteiger partial charge in [-0.05, 0) is 45.6 Å². The van der Waals surface area contributed by atoms with E-state index in [4.69, 9.17) is 0 Å². The summed E-state index contributed by atoms with van der Waals surface area (Å²) in [6.07, 6.45) is -3.24. The SMILES string of the molecule is CCCN1/C(=C/C(NS(=O)(=O)C(F)(F)C(F)(F)F)=C(C)/N=N\c2nncs2)CCCC1C(C)=O. The molecule has 2 heterocycles. The summed E-state index contributed by atoms with van der Waals surface area (Å²) in [5, 5.41) is 8.50. The second-order valence-corrected chi connectivity index (χ2v) is 9.92. The van der Waals surface area contributed by atoms with E-state index < -0.39 is 33.2 Å². The fraction of sp³-hybridized carbons (Fsp3) is 0.611. The number of hydrogen-bond donors (Lipinski definition) is 1. The highest BCUT2D eigenvalue weighted by atomic mass is 32.2. The fourth-order valence-electron chi connectivity index (χ4n) is 3.21. The quantitative estimate of drug-likeness (QED) is 0.367. The van der Waals surface area contributed by atoms with Crippen LogP contribution < -0.4 is 4.72 Å². The maximum atomic E-state index is 13.7. The van der Waals surface area contributed by atoms with Gasteiger partial charge in [0.1, 0.15) is 5.51 Å². The molecule has 9 nitrogen and oxygen atoms in total. The number of sulfonamides is 1. The number of rotatable bonds is 9. The normalized spacial score (nSPS) is 20.1. The summed E-state index contributed by atoms with van der Waals surface area (Å²) in [6.45, 7) is 4.80. The van der Waals surface area contributed by atoms with Gasteiger partial charge in [0.2, 0.25) is 0 Å². The van der Waals surface area contributed by atoms with Crippen molar-refractivity contribution in [2.75, 3.05) is 6.54 Å². The molecule has 1 saturated heterocycles. The van der Waals surface area contributed by atoms with E-state index in [9.17, 15) is 35.2 Å². The number of nitrogens with one attached hydrogen (secondary N) is 1. The van der Waals surface area contributed by atoms with Crippen LogP contribution in [0.4, 0.5) is 27.1 Å². The van der Waals surface area contributed by atoms with Crippen LogP contribution in [-0.2, 0) is 14.8 Å². The van der Waals surface area contributed by atoms with Crippen molar-refractivity contribution in [1.29, 1.82) is 0 Å². The van der Waals surface area contributed by atoms with Crippen LogP contribution in [0, 0.1) is 0 Å². The van der Waals surface area contributed by atoms with Gasteiger partial charge in [0.15, 0.2) is 5.78 Å². The molecule has 1 unspecified atom stereocenters. The molecule has 1 N–H and O–H groups in total. The Morgan fingerprint density at radius 2 is 2.00 bits per heavy atom. The lowest BCUT2D eigenvalue weighted by atomic mass is 9.95. The van der Waals surface area contributed by atoms with Crippen molar-refractivity contribution < 1.29 is 35.2 Å². The van der Waals surface area contributed by atoms with Gasteiger partial charge in [-0.15, -0.1) is 15.3 Å². The van der Waals surface area contributed by atoms with E-state index in [-0.39, 0.29) is 16.6 Å². The van der Waals surface area contributed by atoms with Crippen molar-refractivity contribution in [2.45, 2.75) is 63.9 Å². The first kappa shape index (κ1) is 27.8. The number of likely N-dealkylation sites (tertiary alicyclic amines) is 1. The molecule has 190 valence electrons. The average Bonchev–Trinajstić information content (AvgIpc) is 3.25. The van der Waals surface area contributed by atoms with Gasteiger partial charge in [-0.1, -0.05) is 18.3 Å². The Hall–Kier alpha value is -2.49. The molecule has 0 radical (unpaired) electrons. The van der Waals surface area contributed by atoms with Crippen LogP contribution >= 0.6 is 11.3 Å². The van der Waals surface area contributed by atoms with Gasteiger partial charge in [0.25, 0.3) is 5.13 Å². The van der Waals surface area contributed by atoms with Gasteiger partial charge < -0.3 is 4.90 Å². The van der Waals surface area contributed by atoms with Crippen molar-refractivity contribution in [3.63, 3.8) is 0 Å². The van der Waals surface area contributed by atoms with E-state index in [2.05, 4.69) is 20.4 Å². The first-order chi connectivity index (χ1) is 15.7. The van der Waals surface area contributed by atoms with Gasteiger partial charge in [-0.3, -0.25) is 9.52 Å². The number of alkyl halides is 5. The molecule has 1 atom stereocenters. The third-order valence-electron chi connectivity index (χ3n) is 4.84. The second-order valence-electron chi connectivity index (χ2n) is 7.39. The number of nitrogens with zero attached hydrogens (tertiary/aromatic N) is 5. The van der Waals surface area contributed by atoms with Crippen LogP contribution in [-0.4, -0.2) is 53.3 Å². The monoisotopic (exact) mass is 530 g/mol. The predicted molar refractivity (Wildman–Crippen MR) is 114 cm³/mol. The van der Waals surface area contributed by atoms with Crippen molar-refractivity contribution in [3.05, 3.63) is 28.7 Å². The molecule has 16 heteroatoms. The molecule has 0 amide bonds. The number of allylic oxidation sites excluding steroid dienone is 3. The molecule has 0 aliphatic carbocycles. The Kier molecular flexibility index (Phi) is 8.85. The van der Waals surface area contributed by atoms with Crippen LogP contribution in [0.5, 0.6) is 0 Å². The zero-order chi connectivity index (χ0) is 25.7. The van der Waals surface area contributed by atoms with E-state index in [1.165, 1.54) is 24.1 Å². The van der Waals surface area contributed by atoms with Gasteiger partial charge in [0.05, 0.1) is 17.4 Å². The van der Waals surface area contributed by atoms with Crippen LogP contribution in [0.2, 0.25) is 0 Å². The number of piperidine rings is 1. The van der Waals surface area contributed by atoms with Crippen LogP contribution in [0.1, 0.15) is 46.5 Å². The van der Waals surface area contributed by atoms with Crippen LogP contribution in [0.25, 0.3) is 0 Å². The molecule has 1 aliphatic rings. The maximum Gasteiger partial charge on any atom is 0.471 e. The summed E-state index contributed by atoms with van der Waals surface area (Å²) >= 11 is 0.970. The largest absolute Gasteiger partial charge is 0.471 e. The van der Waals surface area contributed by atoms with E-state index in [0.29, 0.717) is 37.9 Å². The number of halogens is 5. The lowest BCUT2D eigenvalue weighted by molar-refractivity contribution is -0.241. The van der Waals surface area contributed by atoms with Gasteiger partial charge in [-0.2, -0.15) is 35.5 Å². The summed E-state index contributed by atoms with van der Waals surface area (Å²) in [6, 6.07) is -0.530. The Balaban J connectivity index is 2.59. The summed E-state index contributed by atoms with van der Waals surface area (Å²) in [5.41, 5.74) is 0.782. The Labute approximate surface area is 196 Å². The highest BCUT2D eigenvalue weighted by molar-refractivity contribution is 7.90. The molecule has 0 saturated carbocycles. The molecule has 1 aliphatic heterocycles. The molecule has 0 spiro atoms. The zero-order valence-electron chi connectivity index (χ0n) is 18.4. The average molecular weight is 531 g/mol. The molecular weight excluding hydrogens is 507 g/mol. The molecule has 34 heavy (non-hydrogen) atoms. The fourth-order valence-corrected chi connectivity index (χ4v) is 4.51. The van der Waals surface area contributed by atoms with Crippen LogP contribution in [0.3, 0.4) is 0 Å². The Morgan fingerprint density at radius 3 is 2.53 bits per heavy atom. The van der Waals surface area contributed by atoms with E-state index in [1.54, 1.807) is 4.90 Å². The number of carbonyl (C=O) groups is 1. The second kappa shape index (κ2) is 10.8. The zero-order valence-corrected chi connectivity index (χ0v) is 20.1. The lowest BCUT2D eigenvalue weighted by Gasteiger charge is -2.38. The number of azo groups is 1.